The summed E-state index contributed by atoms with van der Waals surface area (Å²) in [4.78, 5) is 26.8. The van der Waals surface area contributed by atoms with Gasteiger partial charge in [0.2, 0.25) is 0 Å². The maximum absolute atomic E-state index is 14.2. The molecule has 6 heteroatoms. The average Bonchev–Trinajstić information content (AvgIpc) is 3.21. The third-order valence-corrected chi connectivity index (χ3v) is 8.84. The normalized spacial score (nSPS) is 44.8. The molecule has 170 valence electrons. The van der Waals surface area contributed by atoms with Gasteiger partial charge in [-0.3, -0.25) is 4.79 Å². The van der Waals surface area contributed by atoms with Crippen LogP contribution in [0.4, 0.5) is 0 Å². The number of fused-ring (bicyclic) bond motifs is 3. The van der Waals surface area contributed by atoms with Gasteiger partial charge >= 0.3 is 5.97 Å². The minimum Gasteiger partial charge on any atom is -0.451 e. The highest BCUT2D eigenvalue weighted by molar-refractivity contribution is 5.96. The minimum atomic E-state index is -2.10. The Morgan fingerprint density at radius 3 is 2.58 bits per heavy atom. The number of ether oxygens (including phenoxy) is 1. The molecule has 0 radical (unpaired) electrons. The van der Waals surface area contributed by atoms with Gasteiger partial charge < -0.3 is 20.1 Å². The Bertz CT molecular complexity index is 913. The number of esters is 1. The molecule has 0 aliphatic heterocycles. The number of hydrogen-bond donors (Lipinski definition) is 3. The first kappa shape index (κ1) is 22.4. The Balaban J connectivity index is 1.90. The molecule has 1 spiro atoms. The molecule has 4 aliphatic rings. The van der Waals surface area contributed by atoms with Gasteiger partial charge in [0.25, 0.3) is 0 Å². The van der Waals surface area contributed by atoms with E-state index in [0.717, 1.165) is 6.42 Å². The second-order valence-corrected chi connectivity index (χ2v) is 10.6. The van der Waals surface area contributed by atoms with Crippen LogP contribution in [0.2, 0.25) is 0 Å². The zero-order valence-corrected chi connectivity index (χ0v) is 19.0. The first-order valence-corrected chi connectivity index (χ1v) is 11.2. The highest BCUT2D eigenvalue weighted by atomic mass is 16.6. The molecule has 2 bridgehead atoms. The fourth-order valence-electron chi connectivity index (χ4n) is 6.93. The van der Waals surface area contributed by atoms with Crippen LogP contribution in [0.3, 0.4) is 0 Å². The molecule has 0 heterocycles. The van der Waals surface area contributed by atoms with E-state index in [-0.39, 0.29) is 34.2 Å². The highest BCUT2D eigenvalue weighted by Crippen LogP contribution is 2.71. The lowest BCUT2D eigenvalue weighted by Crippen LogP contribution is -2.65. The van der Waals surface area contributed by atoms with E-state index in [1.807, 2.05) is 6.92 Å². The van der Waals surface area contributed by atoms with Crippen LogP contribution in [0.5, 0.6) is 0 Å². The number of carbonyl (C=O) groups excluding carboxylic acids is 2. The van der Waals surface area contributed by atoms with Crippen molar-refractivity contribution in [1.82, 2.24) is 0 Å². The Morgan fingerprint density at radius 1 is 1.35 bits per heavy atom. The summed E-state index contributed by atoms with van der Waals surface area (Å²) in [6.07, 6.45) is 1.76. The van der Waals surface area contributed by atoms with Gasteiger partial charge in [0, 0.05) is 11.5 Å². The van der Waals surface area contributed by atoms with Crippen molar-refractivity contribution >= 4 is 11.8 Å². The number of ketones is 1. The molecule has 2 fully saturated rings. The van der Waals surface area contributed by atoms with Crippen molar-refractivity contribution in [3.8, 4) is 0 Å². The van der Waals surface area contributed by atoms with E-state index in [9.17, 15) is 24.9 Å². The number of aliphatic hydroxyl groups is 3. The second-order valence-electron chi connectivity index (χ2n) is 10.6. The molecule has 0 amide bonds. The van der Waals surface area contributed by atoms with Crippen LogP contribution in [-0.2, 0) is 14.3 Å². The summed E-state index contributed by atoms with van der Waals surface area (Å²) in [5, 5.41) is 33.7. The summed E-state index contributed by atoms with van der Waals surface area (Å²) in [5.74, 6) is -1.21. The predicted octanol–water partition coefficient (Wildman–Crippen LogP) is 2.33. The maximum Gasteiger partial charge on any atom is 0.334 e. The van der Waals surface area contributed by atoms with E-state index in [0.29, 0.717) is 17.9 Å². The predicted molar refractivity (Wildman–Crippen MR) is 115 cm³/mol. The Hall–Kier alpha value is -1.76. The molecule has 0 saturated heterocycles. The largest absolute Gasteiger partial charge is 0.451 e. The van der Waals surface area contributed by atoms with E-state index in [1.165, 1.54) is 0 Å². The number of Topliss-reactive ketones (excluding diaryl/α,β-unsaturated/α-hetero) is 1. The number of rotatable bonds is 4. The Morgan fingerprint density at radius 2 is 2.00 bits per heavy atom. The lowest BCUT2D eigenvalue weighted by molar-refractivity contribution is -0.201. The first-order valence-electron chi connectivity index (χ1n) is 11.2. The van der Waals surface area contributed by atoms with Crippen LogP contribution in [0.15, 0.2) is 35.5 Å². The van der Waals surface area contributed by atoms with E-state index in [1.54, 1.807) is 26.0 Å². The Labute approximate surface area is 183 Å². The van der Waals surface area contributed by atoms with E-state index >= 15 is 0 Å². The van der Waals surface area contributed by atoms with Crippen molar-refractivity contribution in [3.63, 3.8) is 0 Å². The van der Waals surface area contributed by atoms with Crippen molar-refractivity contribution in [3.05, 3.63) is 35.5 Å². The van der Waals surface area contributed by atoms with Crippen LogP contribution in [0, 0.1) is 34.5 Å². The molecule has 4 rings (SSSR count). The van der Waals surface area contributed by atoms with Crippen LogP contribution in [0.1, 0.15) is 47.5 Å². The van der Waals surface area contributed by atoms with Gasteiger partial charge in [-0.2, -0.15) is 0 Å². The molecule has 2 saturated carbocycles. The Kier molecular flexibility index (Phi) is 4.97. The fraction of sp³-hybridized carbons (Fsp3) is 0.680. The summed E-state index contributed by atoms with van der Waals surface area (Å²) in [5.41, 5.74) is -2.54. The van der Waals surface area contributed by atoms with Crippen molar-refractivity contribution < 1.29 is 29.6 Å². The molecule has 4 aliphatic carbocycles. The van der Waals surface area contributed by atoms with Gasteiger partial charge in [-0.25, -0.2) is 4.79 Å². The van der Waals surface area contributed by atoms with Gasteiger partial charge in [0.1, 0.15) is 6.10 Å². The molecule has 3 N–H and O–H groups in total. The molecule has 8 atom stereocenters. The third kappa shape index (κ3) is 2.61. The molecule has 7 unspecified atom stereocenters. The van der Waals surface area contributed by atoms with Crippen LogP contribution in [-0.4, -0.2) is 51.5 Å². The highest BCUT2D eigenvalue weighted by Gasteiger charge is 2.76. The molecule has 31 heavy (non-hydrogen) atoms. The molecular weight excluding hydrogens is 396 g/mol. The SMILES string of the molecule is C=C(CC)C(=O)OC1C(C)=CC23C(=O)C(C=C(CO)C(O)C12O)C1C(C[C@H]3C)C1(C)C. The zero-order valence-electron chi connectivity index (χ0n) is 19.0. The van der Waals surface area contributed by atoms with Gasteiger partial charge in [0.05, 0.1) is 12.0 Å². The van der Waals surface area contributed by atoms with Crippen molar-refractivity contribution in [2.45, 2.75) is 65.3 Å². The smallest absolute Gasteiger partial charge is 0.334 e. The van der Waals surface area contributed by atoms with Crippen LogP contribution in [0.25, 0.3) is 0 Å². The standard InChI is InChI=1S/C25H34O6/c1-7-12(2)22(29)31-21-13(3)10-24-14(4)8-17-18(23(17,5)6)16(20(24)28)9-15(11-26)19(27)25(21,24)30/h9-10,14,16-19,21,26-27,30H,2,7-8,11H2,1,3-6H3/t14-,16?,17?,18?,19?,21?,24?,25?/m1/s1. The molecule has 0 aromatic rings. The summed E-state index contributed by atoms with van der Waals surface area (Å²) >= 11 is 0. The lowest BCUT2D eigenvalue weighted by atomic mass is 9.59. The van der Waals surface area contributed by atoms with Gasteiger partial charge in [-0.05, 0) is 54.1 Å². The van der Waals surface area contributed by atoms with Gasteiger partial charge in [-0.1, -0.05) is 46.4 Å². The third-order valence-electron chi connectivity index (χ3n) is 8.84. The zero-order chi connectivity index (χ0) is 23.1. The average molecular weight is 431 g/mol. The lowest BCUT2D eigenvalue weighted by Gasteiger charge is -2.48. The first-order chi connectivity index (χ1) is 14.4. The molecular formula is C25H34O6. The number of hydrogen-bond acceptors (Lipinski definition) is 6. The fourth-order valence-corrected chi connectivity index (χ4v) is 6.93. The quantitative estimate of drug-likeness (QED) is 0.359. The topological polar surface area (TPSA) is 104 Å². The minimum absolute atomic E-state index is 0.0250. The molecule has 0 aromatic carbocycles. The van der Waals surface area contributed by atoms with E-state index < -0.39 is 41.7 Å². The monoisotopic (exact) mass is 430 g/mol. The van der Waals surface area contributed by atoms with Gasteiger partial charge in [-0.15, -0.1) is 0 Å². The van der Waals surface area contributed by atoms with Crippen molar-refractivity contribution in [2.24, 2.45) is 34.5 Å². The number of allylic oxidation sites excluding steroid dienone is 1. The number of carbonyl (C=O) groups is 2. The molecule has 0 aromatic heterocycles. The summed E-state index contributed by atoms with van der Waals surface area (Å²) < 4.78 is 5.69. The summed E-state index contributed by atoms with van der Waals surface area (Å²) in [6, 6.07) is 0. The summed E-state index contributed by atoms with van der Waals surface area (Å²) in [6.45, 7) is 13.0. The number of aliphatic hydroxyl groups excluding tert-OH is 2. The van der Waals surface area contributed by atoms with Crippen molar-refractivity contribution in [1.29, 1.82) is 0 Å². The van der Waals surface area contributed by atoms with Crippen LogP contribution < -0.4 is 0 Å². The maximum atomic E-state index is 14.2. The van der Waals surface area contributed by atoms with Crippen LogP contribution >= 0.6 is 0 Å². The summed E-state index contributed by atoms with van der Waals surface area (Å²) in [7, 11) is 0. The second kappa shape index (κ2) is 6.87. The van der Waals surface area contributed by atoms with E-state index in [2.05, 4.69) is 20.4 Å². The molecule has 6 nitrogen and oxygen atoms in total. The van der Waals surface area contributed by atoms with Crippen molar-refractivity contribution in [2.75, 3.05) is 6.61 Å². The van der Waals surface area contributed by atoms with E-state index in [4.69, 9.17) is 4.74 Å². The van der Waals surface area contributed by atoms with Gasteiger partial charge in [0.15, 0.2) is 17.5 Å².